The number of aryl methyl sites for hydroxylation is 1. The zero-order valence-electron chi connectivity index (χ0n) is 6.95. The van der Waals surface area contributed by atoms with Crippen LogP contribution >= 0.6 is 0 Å². The first-order valence-electron chi connectivity index (χ1n) is 4.29. The van der Waals surface area contributed by atoms with Gasteiger partial charge in [-0.05, 0) is 24.7 Å². The molecule has 2 nitrogen and oxygen atoms in total. The van der Waals surface area contributed by atoms with Crippen LogP contribution in [-0.2, 0) is 12.8 Å². The summed E-state index contributed by atoms with van der Waals surface area (Å²) in [5, 5.41) is 9.47. The number of pyridine rings is 1. The highest BCUT2D eigenvalue weighted by Gasteiger charge is 2.20. The molecule has 2 radical (unpaired) electrons. The topological polar surface area (TPSA) is 24.1 Å². The van der Waals surface area contributed by atoms with Crippen molar-refractivity contribution >= 4 is 13.3 Å². The summed E-state index contributed by atoms with van der Waals surface area (Å²) in [5.74, 6) is 0. The lowest BCUT2D eigenvalue weighted by molar-refractivity contribution is -0.909. The van der Waals surface area contributed by atoms with E-state index >= 15 is 0 Å². The third kappa shape index (κ3) is 1.19. The number of aromatic nitrogens is 1. The van der Waals surface area contributed by atoms with Crippen molar-refractivity contribution < 1.29 is 9.94 Å². The Hall–Kier alpha value is -0.985. The van der Waals surface area contributed by atoms with Crippen molar-refractivity contribution in [1.29, 1.82) is 0 Å². The van der Waals surface area contributed by atoms with Gasteiger partial charge in [0.15, 0.2) is 0 Å². The maximum atomic E-state index is 9.47. The Morgan fingerprint density at radius 1 is 1.33 bits per heavy atom. The van der Waals surface area contributed by atoms with Crippen LogP contribution in [0.5, 0.6) is 0 Å². The summed E-state index contributed by atoms with van der Waals surface area (Å²) in [6.07, 6.45) is 5.94. The summed E-state index contributed by atoms with van der Waals surface area (Å²) >= 11 is 0. The van der Waals surface area contributed by atoms with Gasteiger partial charge in [0, 0.05) is 16.7 Å². The van der Waals surface area contributed by atoms with Crippen LogP contribution < -0.4 is 10.2 Å². The quantitative estimate of drug-likeness (QED) is 0.319. The van der Waals surface area contributed by atoms with Crippen molar-refractivity contribution in [3.63, 3.8) is 0 Å². The molecular weight excluding hydrogens is 149 g/mol. The Labute approximate surface area is 73.2 Å². The average Bonchev–Trinajstić information content (AvgIpc) is 2.04. The van der Waals surface area contributed by atoms with E-state index in [0.29, 0.717) is 5.46 Å². The number of rotatable bonds is 0. The standard InChI is InChI=1S/C9H11BNO/c10-8-5-7-3-1-2-4-9(7)11(12)6-8/h5-6,12H,1-4H2/q+1. The first-order valence-corrected chi connectivity index (χ1v) is 4.29. The summed E-state index contributed by atoms with van der Waals surface area (Å²) in [4.78, 5) is 0. The van der Waals surface area contributed by atoms with Crippen molar-refractivity contribution in [3.05, 3.63) is 23.5 Å². The van der Waals surface area contributed by atoms with Gasteiger partial charge in [-0.25, -0.2) is 0 Å². The molecule has 0 unspecified atom stereocenters. The zero-order chi connectivity index (χ0) is 8.55. The summed E-state index contributed by atoms with van der Waals surface area (Å²) in [7, 11) is 5.60. The lowest BCUT2D eigenvalue weighted by atomic mass is 9.90. The second-order valence-electron chi connectivity index (χ2n) is 3.30. The van der Waals surface area contributed by atoms with Crippen LogP contribution in [0.2, 0.25) is 0 Å². The van der Waals surface area contributed by atoms with Gasteiger partial charge in [0.05, 0.1) is 0 Å². The van der Waals surface area contributed by atoms with E-state index in [2.05, 4.69) is 0 Å². The highest BCUT2D eigenvalue weighted by Crippen LogP contribution is 2.15. The molecule has 1 N–H and O–H groups in total. The maximum absolute atomic E-state index is 9.47. The molecule has 1 aromatic rings. The molecule has 0 spiro atoms. The molecule has 0 aliphatic heterocycles. The molecular formula is C9H11BNO+. The normalized spacial score (nSPS) is 15.7. The fraction of sp³-hybridized carbons (Fsp3) is 0.444. The van der Waals surface area contributed by atoms with Crippen LogP contribution in [0.3, 0.4) is 0 Å². The van der Waals surface area contributed by atoms with E-state index in [1.165, 1.54) is 16.7 Å². The lowest BCUT2D eigenvalue weighted by Gasteiger charge is -2.10. The van der Waals surface area contributed by atoms with Crippen LogP contribution in [0, 0.1) is 0 Å². The minimum atomic E-state index is 0.637. The fourth-order valence-corrected chi connectivity index (χ4v) is 1.79. The molecule has 0 amide bonds. The molecule has 3 heteroatoms. The molecule has 1 aromatic heterocycles. The second kappa shape index (κ2) is 2.81. The highest BCUT2D eigenvalue weighted by atomic mass is 16.5. The van der Waals surface area contributed by atoms with Crippen LogP contribution in [0.1, 0.15) is 24.1 Å². The van der Waals surface area contributed by atoms with Crippen molar-refractivity contribution in [3.8, 4) is 0 Å². The van der Waals surface area contributed by atoms with Gasteiger partial charge in [-0.2, -0.15) is 0 Å². The summed E-state index contributed by atoms with van der Waals surface area (Å²) in [5.41, 5.74) is 2.86. The predicted octanol–water partition coefficient (Wildman–Crippen LogP) is -0.116. The van der Waals surface area contributed by atoms with Crippen LogP contribution in [0.4, 0.5) is 0 Å². The van der Waals surface area contributed by atoms with Crippen LogP contribution in [-0.4, -0.2) is 13.1 Å². The first kappa shape index (κ1) is 7.65. The molecule has 0 aromatic carbocycles. The number of hydrogen-bond acceptors (Lipinski definition) is 1. The minimum Gasteiger partial charge on any atom is -0.285 e. The molecule has 2 rings (SSSR count). The third-order valence-corrected chi connectivity index (χ3v) is 2.37. The van der Waals surface area contributed by atoms with Gasteiger partial charge in [-0.15, -0.1) is 0 Å². The lowest BCUT2D eigenvalue weighted by Crippen LogP contribution is -2.41. The molecule has 0 atom stereocenters. The molecule has 0 saturated carbocycles. The van der Waals surface area contributed by atoms with Gasteiger partial charge >= 0.3 is 0 Å². The van der Waals surface area contributed by atoms with Crippen LogP contribution in [0.25, 0.3) is 0 Å². The summed E-state index contributed by atoms with van der Waals surface area (Å²) in [6, 6.07) is 1.96. The van der Waals surface area contributed by atoms with Crippen molar-refractivity contribution in [1.82, 2.24) is 0 Å². The van der Waals surface area contributed by atoms with E-state index in [-0.39, 0.29) is 0 Å². The Morgan fingerprint density at radius 3 is 2.92 bits per heavy atom. The van der Waals surface area contributed by atoms with Gasteiger partial charge in [-0.3, -0.25) is 5.21 Å². The fourth-order valence-electron chi connectivity index (χ4n) is 1.79. The number of hydrogen-bond donors (Lipinski definition) is 1. The molecule has 1 aliphatic carbocycles. The minimum absolute atomic E-state index is 0.637. The van der Waals surface area contributed by atoms with Crippen molar-refractivity contribution in [2.24, 2.45) is 0 Å². The summed E-state index contributed by atoms with van der Waals surface area (Å²) in [6.45, 7) is 0. The third-order valence-electron chi connectivity index (χ3n) is 2.37. The van der Waals surface area contributed by atoms with Crippen molar-refractivity contribution in [2.45, 2.75) is 25.7 Å². The predicted molar refractivity (Wildman–Crippen MR) is 45.9 cm³/mol. The Morgan fingerprint density at radius 2 is 2.08 bits per heavy atom. The van der Waals surface area contributed by atoms with Gasteiger partial charge in [0.25, 0.3) is 0 Å². The van der Waals surface area contributed by atoms with E-state index in [4.69, 9.17) is 7.85 Å². The number of fused-ring (bicyclic) bond motifs is 1. The maximum Gasteiger partial charge on any atom is 0.237 e. The average molecular weight is 160 g/mol. The molecule has 60 valence electrons. The monoisotopic (exact) mass is 160 g/mol. The van der Waals surface area contributed by atoms with Crippen molar-refractivity contribution in [2.75, 3.05) is 0 Å². The van der Waals surface area contributed by atoms with Gasteiger partial charge in [0.1, 0.15) is 7.85 Å². The SMILES string of the molecule is [B]c1cc2c([n+](O)c1)CCCC2. The Bertz CT molecular complexity index is 312. The molecule has 12 heavy (non-hydrogen) atoms. The second-order valence-corrected chi connectivity index (χ2v) is 3.30. The van der Waals surface area contributed by atoms with E-state index in [9.17, 15) is 5.21 Å². The van der Waals surface area contributed by atoms with Gasteiger partial charge in [0.2, 0.25) is 11.9 Å². The molecule has 1 heterocycles. The highest BCUT2D eigenvalue weighted by molar-refractivity contribution is 6.31. The Kier molecular flexibility index (Phi) is 1.79. The van der Waals surface area contributed by atoms with Gasteiger partial charge in [-0.1, -0.05) is 6.07 Å². The van der Waals surface area contributed by atoms with E-state index in [1.54, 1.807) is 6.20 Å². The first-order chi connectivity index (χ1) is 5.77. The zero-order valence-corrected chi connectivity index (χ0v) is 6.95. The molecule has 0 bridgehead atoms. The van der Waals surface area contributed by atoms with E-state index < -0.39 is 0 Å². The smallest absolute Gasteiger partial charge is 0.237 e. The number of nitrogens with zero attached hydrogens (tertiary/aromatic N) is 1. The molecule has 0 fully saturated rings. The largest absolute Gasteiger partial charge is 0.285 e. The van der Waals surface area contributed by atoms with E-state index in [1.807, 2.05) is 6.07 Å². The van der Waals surface area contributed by atoms with E-state index in [0.717, 1.165) is 25.0 Å². The van der Waals surface area contributed by atoms with Crippen LogP contribution in [0.15, 0.2) is 12.3 Å². The summed E-state index contributed by atoms with van der Waals surface area (Å²) < 4.78 is 1.17. The molecule has 0 saturated heterocycles. The van der Waals surface area contributed by atoms with Gasteiger partial charge < -0.3 is 0 Å². The molecule has 1 aliphatic rings. The Balaban J connectivity index is 2.53.